The number of para-hydroxylation sites is 1. The molecule has 128 valence electrons. The van der Waals surface area contributed by atoms with Gasteiger partial charge in [0.05, 0.1) is 15.8 Å². The number of amides is 1. The predicted octanol–water partition coefficient (Wildman–Crippen LogP) is 4.44. The molecule has 1 amide bonds. The van der Waals surface area contributed by atoms with Gasteiger partial charge >= 0.3 is 0 Å². The highest BCUT2D eigenvalue weighted by Crippen LogP contribution is 2.43. The molecule has 1 N–H and O–H groups in total. The number of benzene rings is 2. The molecule has 0 unspecified atom stereocenters. The van der Waals surface area contributed by atoms with Crippen LogP contribution in [0.4, 0.5) is 5.69 Å². The van der Waals surface area contributed by atoms with Gasteiger partial charge in [-0.1, -0.05) is 24.3 Å². The topological polar surface area (TPSA) is 62.1 Å². The molecule has 1 aliphatic heterocycles. The van der Waals surface area contributed by atoms with Crippen molar-refractivity contribution < 1.29 is 9.53 Å². The van der Waals surface area contributed by atoms with E-state index < -0.39 is 0 Å². The maximum absolute atomic E-state index is 12.0. The van der Waals surface area contributed by atoms with Crippen LogP contribution in [-0.2, 0) is 4.79 Å². The van der Waals surface area contributed by atoms with Crippen molar-refractivity contribution in [1.82, 2.24) is 0 Å². The Hall–Kier alpha value is -2.10. The lowest BCUT2D eigenvalue weighted by Gasteiger charge is -2.21. The number of hydrogen-bond acceptors (Lipinski definition) is 5. The normalized spacial score (nSPS) is 14.5. The summed E-state index contributed by atoms with van der Waals surface area (Å²) in [7, 11) is 0. The van der Waals surface area contributed by atoms with Crippen LogP contribution in [-0.4, -0.2) is 24.0 Å². The summed E-state index contributed by atoms with van der Waals surface area (Å²) in [6.45, 7) is -0.0912. The van der Waals surface area contributed by atoms with E-state index in [1.807, 2.05) is 35.7 Å². The zero-order valence-electron chi connectivity index (χ0n) is 13.6. The Kier molecular flexibility index (Phi) is 6.26. The van der Waals surface area contributed by atoms with E-state index in [0.29, 0.717) is 21.6 Å². The molecule has 6 heteroatoms. The van der Waals surface area contributed by atoms with Crippen LogP contribution in [0.25, 0.3) is 0 Å². The van der Waals surface area contributed by atoms with E-state index in [4.69, 9.17) is 10.00 Å². The van der Waals surface area contributed by atoms with E-state index in [0.717, 1.165) is 0 Å². The third-order valence-electron chi connectivity index (χ3n) is 3.67. The lowest BCUT2D eigenvalue weighted by Crippen LogP contribution is -2.20. The van der Waals surface area contributed by atoms with Crippen molar-refractivity contribution in [3.05, 3.63) is 59.7 Å². The number of nitrogens with one attached hydrogen (secondary N) is 1. The molecule has 0 bridgehead atoms. The molecule has 0 radical (unpaired) electrons. The molecule has 1 heterocycles. The minimum atomic E-state index is -0.287. The fourth-order valence-electron chi connectivity index (χ4n) is 2.43. The fraction of sp³-hybridized carbons (Fsp3) is 0.263. The van der Waals surface area contributed by atoms with Crippen LogP contribution in [0.5, 0.6) is 5.75 Å². The largest absolute Gasteiger partial charge is 0.484 e. The maximum atomic E-state index is 12.0. The van der Waals surface area contributed by atoms with Crippen LogP contribution in [0.3, 0.4) is 0 Å². The van der Waals surface area contributed by atoms with Crippen molar-refractivity contribution in [1.29, 1.82) is 5.26 Å². The molecule has 0 saturated carbocycles. The zero-order valence-corrected chi connectivity index (χ0v) is 15.2. The van der Waals surface area contributed by atoms with Gasteiger partial charge in [0, 0.05) is 0 Å². The summed E-state index contributed by atoms with van der Waals surface area (Å²) >= 11 is 3.95. The Morgan fingerprint density at radius 2 is 1.88 bits per heavy atom. The maximum Gasteiger partial charge on any atom is 0.262 e. The van der Waals surface area contributed by atoms with Crippen LogP contribution >= 0.6 is 23.5 Å². The number of nitriles is 1. The summed E-state index contributed by atoms with van der Waals surface area (Å²) in [6.07, 6.45) is 1.27. The molecule has 4 nitrogen and oxygen atoms in total. The summed E-state index contributed by atoms with van der Waals surface area (Å²) in [4.78, 5) is 12.0. The molecule has 2 aromatic rings. The molecular weight excluding hydrogens is 352 g/mol. The van der Waals surface area contributed by atoms with Gasteiger partial charge in [-0.3, -0.25) is 4.79 Å². The summed E-state index contributed by atoms with van der Waals surface area (Å²) in [5.41, 5.74) is 2.22. The van der Waals surface area contributed by atoms with Crippen LogP contribution in [0.1, 0.15) is 22.1 Å². The smallest absolute Gasteiger partial charge is 0.262 e. The third-order valence-corrected chi connectivity index (χ3v) is 6.69. The number of ether oxygens (including phenoxy) is 1. The van der Waals surface area contributed by atoms with Crippen molar-refractivity contribution in [3.8, 4) is 11.8 Å². The van der Waals surface area contributed by atoms with Crippen LogP contribution < -0.4 is 10.1 Å². The molecule has 1 aliphatic rings. The Bertz CT molecular complexity index is 766. The van der Waals surface area contributed by atoms with Crippen LogP contribution in [0.15, 0.2) is 48.5 Å². The second-order valence-corrected chi connectivity index (χ2v) is 8.21. The van der Waals surface area contributed by atoms with Gasteiger partial charge in [-0.05, 0) is 47.8 Å². The van der Waals surface area contributed by atoms with Gasteiger partial charge in [0.25, 0.3) is 5.91 Å². The lowest BCUT2D eigenvalue weighted by atomic mass is 10.2. The van der Waals surface area contributed by atoms with Crippen molar-refractivity contribution in [3.63, 3.8) is 0 Å². The lowest BCUT2D eigenvalue weighted by molar-refractivity contribution is -0.118. The van der Waals surface area contributed by atoms with E-state index in [2.05, 4.69) is 23.5 Å². The van der Waals surface area contributed by atoms with Crippen molar-refractivity contribution in [2.75, 3.05) is 23.4 Å². The number of nitrogens with zero attached hydrogens (tertiary/aromatic N) is 1. The van der Waals surface area contributed by atoms with Gasteiger partial charge in [0.2, 0.25) is 0 Å². The average molecular weight is 370 g/mol. The van der Waals surface area contributed by atoms with E-state index in [9.17, 15) is 4.79 Å². The minimum Gasteiger partial charge on any atom is -0.484 e. The highest BCUT2D eigenvalue weighted by molar-refractivity contribution is 8.16. The molecule has 25 heavy (non-hydrogen) atoms. The number of carbonyl (C=O) groups excluding carboxylic acids is 1. The summed E-state index contributed by atoms with van der Waals surface area (Å²) in [6, 6.07) is 16.9. The Labute approximate surface area is 156 Å². The second kappa shape index (κ2) is 8.84. The number of thioether (sulfide) groups is 2. The van der Waals surface area contributed by atoms with E-state index >= 15 is 0 Å². The molecule has 0 aliphatic carbocycles. The number of rotatable bonds is 5. The van der Waals surface area contributed by atoms with Crippen molar-refractivity contribution in [2.24, 2.45) is 0 Å². The summed E-state index contributed by atoms with van der Waals surface area (Å²) in [5.74, 6) is 2.80. The second-order valence-electron chi connectivity index (χ2n) is 5.49. The number of anilines is 1. The Morgan fingerprint density at radius 3 is 2.60 bits per heavy atom. The Balaban J connectivity index is 1.52. The molecule has 1 saturated heterocycles. The minimum absolute atomic E-state index is 0.0912. The van der Waals surface area contributed by atoms with Crippen LogP contribution in [0, 0.1) is 11.3 Å². The van der Waals surface area contributed by atoms with E-state index in [1.54, 1.807) is 24.3 Å². The molecule has 3 rings (SSSR count). The van der Waals surface area contributed by atoms with Gasteiger partial charge in [-0.25, -0.2) is 0 Å². The van der Waals surface area contributed by atoms with Gasteiger partial charge in [-0.15, -0.1) is 23.5 Å². The van der Waals surface area contributed by atoms with Gasteiger partial charge in [-0.2, -0.15) is 5.26 Å². The van der Waals surface area contributed by atoms with Gasteiger partial charge in [0.15, 0.2) is 6.61 Å². The first-order valence-corrected chi connectivity index (χ1v) is 10.1. The first kappa shape index (κ1) is 17.7. The quantitative estimate of drug-likeness (QED) is 0.843. The molecule has 1 fully saturated rings. The predicted molar refractivity (Wildman–Crippen MR) is 104 cm³/mol. The van der Waals surface area contributed by atoms with Gasteiger partial charge in [0.1, 0.15) is 11.8 Å². The fourth-order valence-corrected chi connectivity index (χ4v) is 5.32. The highest BCUT2D eigenvalue weighted by Gasteiger charge is 2.16. The van der Waals surface area contributed by atoms with Crippen molar-refractivity contribution >= 4 is 35.1 Å². The van der Waals surface area contributed by atoms with E-state index in [1.165, 1.54) is 23.5 Å². The van der Waals surface area contributed by atoms with E-state index in [-0.39, 0.29) is 12.5 Å². The number of carbonyl (C=O) groups is 1. The highest BCUT2D eigenvalue weighted by atomic mass is 32.2. The molecular formula is C19H18N2O2S2. The Morgan fingerprint density at radius 1 is 1.16 bits per heavy atom. The first-order valence-electron chi connectivity index (χ1n) is 8.01. The zero-order chi connectivity index (χ0) is 17.5. The molecule has 0 aromatic heterocycles. The molecule has 2 aromatic carbocycles. The standard InChI is InChI=1S/C19H18N2O2S2/c20-12-15-4-1-2-5-17(15)21-18(22)13-23-16-8-6-14(7-9-16)19-24-10-3-11-25-19/h1-2,4-9,19H,3,10-11,13H2,(H,21,22). The monoisotopic (exact) mass is 370 g/mol. The first-order chi connectivity index (χ1) is 12.3. The molecule has 0 atom stereocenters. The average Bonchev–Trinajstić information content (AvgIpc) is 2.68. The third kappa shape index (κ3) is 4.94. The molecule has 0 spiro atoms. The van der Waals surface area contributed by atoms with Crippen molar-refractivity contribution in [2.45, 2.75) is 11.0 Å². The van der Waals surface area contributed by atoms with Gasteiger partial charge < -0.3 is 10.1 Å². The SMILES string of the molecule is N#Cc1ccccc1NC(=O)COc1ccc(C2SCCCS2)cc1. The summed E-state index contributed by atoms with van der Waals surface area (Å²) in [5, 5.41) is 11.7. The van der Waals surface area contributed by atoms with Crippen LogP contribution in [0.2, 0.25) is 0 Å². The summed E-state index contributed by atoms with van der Waals surface area (Å²) < 4.78 is 6.04. The number of hydrogen-bond donors (Lipinski definition) is 1.